The van der Waals surface area contributed by atoms with Gasteiger partial charge in [0, 0.05) is 19.6 Å². The predicted octanol–water partition coefficient (Wildman–Crippen LogP) is 1.26. The van der Waals surface area contributed by atoms with Crippen LogP contribution in [0.2, 0.25) is 0 Å². The Morgan fingerprint density at radius 1 is 1.41 bits per heavy atom. The fourth-order valence-electron chi connectivity index (χ4n) is 2.32. The summed E-state index contributed by atoms with van der Waals surface area (Å²) >= 11 is 0. The van der Waals surface area contributed by atoms with Gasteiger partial charge in [-0.3, -0.25) is 9.69 Å². The molecule has 0 aromatic heterocycles. The molecule has 17 heavy (non-hydrogen) atoms. The van der Waals surface area contributed by atoms with E-state index in [-0.39, 0.29) is 11.9 Å². The van der Waals surface area contributed by atoms with E-state index in [1.807, 2.05) is 13.8 Å². The molecule has 1 aliphatic heterocycles. The first-order valence-electron chi connectivity index (χ1n) is 6.66. The molecule has 1 unspecified atom stereocenters. The second kappa shape index (κ2) is 6.36. The van der Waals surface area contributed by atoms with Crippen LogP contribution >= 0.6 is 0 Å². The third-order valence-electron chi connectivity index (χ3n) is 3.81. The molecule has 0 bridgehead atoms. The van der Waals surface area contributed by atoms with E-state index in [1.165, 1.54) is 0 Å². The lowest BCUT2D eigenvalue weighted by atomic mass is 9.86. The number of carbonyl (C=O) groups excluding carboxylic acids is 1. The normalized spacial score (nSPS) is 21.9. The number of nitrogens with one attached hydrogen (secondary N) is 1. The van der Waals surface area contributed by atoms with Gasteiger partial charge in [0.1, 0.15) is 5.54 Å². The maximum Gasteiger partial charge on any atom is 0.326 e. The molecule has 0 amide bonds. The maximum atomic E-state index is 12.2. The van der Waals surface area contributed by atoms with E-state index in [2.05, 4.69) is 24.1 Å². The molecule has 4 nitrogen and oxygen atoms in total. The highest BCUT2D eigenvalue weighted by Crippen LogP contribution is 2.27. The lowest BCUT2D eigenvalue weighted by molar-refractivity contribution is -0.160. The molecule has 1 aliphatic rings. The zero-order chi connectivity index (χ0) is 12.9. The van der Waals surface area contributed by atoms with Crippen LogP contribution in [0.4, 0.5) is 0 Å². The average Bonchev–Trinajstić information content (AvgIpc) is 2.56. The van der Waals surface area contributed by atoms with E-state index in [9.17, 15) is 4.79 Å². The minimum Gasteiger partial charge on any atom is -0.465 e. The van der Waals surface area contributed by atoms with Gasteiger partial charge >= 0.3 is 5.97 Å². The summed E-state index contributed by atoms with van der Waals surface area (Å²) in [6.07, 6.45) is 1.09. The second-order valence-electron chi connectivity index (χ2n) is 5.11. The Bertz CT molecular complexity index is 248. The van der Waals surface area contributed by atoms with Crippen LogP contribution < -0.4 is 5.32 Å². The summed E-state index contributed by atoms with van der Waals surface area (Å²) in [4.78, 5) is 14.5. The standard InChI is InChI=1S/C13H26N2O2/c1-5-17-12(16)13(4,11(2)3)15-9-6-7-14-8-10-15/h11,14H,5-10H2,1-4H3. The van der Waals surface area contributed by atoms with Gasteiger partial charge in [-0.2, -0.15) is 0 Å². The molecule has 0 aliphatic carbocycles. The molecule has 0 spiro atoms. The van der Waals surface area contributed by atoms with Gasteiger partial charge in [-0.15, -0.1) is 0 Å². The molecule has 1 atom stereocenters. The maximum absolute atomic E-state index is 12.2. The third kappa shape index (κ3) is 3.19. The van der Waals surface area contributed by atoms with E-state index in [0.29, 0.717) is 6.61 Å². The minimum atomic E-state index is -0.498. The van der Waals surface area contributed by atoms with Gasteiger partial charge in [-0.25, -0.2) is 0 Å². The van der Waals surface area contributed by atoms with Gasteiger partial charge in [0.2, 0.25) is 0 Å². The molecule has 0 aromatic rings. The smallest absolute Gasteiger partial charge is 0.326 e. The van der Waals surface area contributed by atoms with Crippen molar-refractivity contribution < 1.29 is 9.53 Å². The molecule has 1 fully saturated rings. The lowest BCUT2D eigenvalue weighted by Crippen LogP contribution is -2.57. The summed E-state index contributed by atoms with van der Waals surface area (Å²) in [5.74, 6) is 0.163. The van der Waals surface area contributed by atoms with Crippen molar-refractivity contribution in [1.29, 1.82) is 0 Å². The van der Waals surface area contributed by atoms with E-state index in [4.69, 9.17) is 4.74 Å². The summed E-state index contributed by atoms with van der Waals surface area (Å²) < 4.78 is 5.26. The molecule has 1 rings (SSSR count). The van der Waals surface area contributed by atoms with Gasteiger partial charge in [-0.05, 0) is 32.7 Å². The molecular weight excluding hydrogens is 216 g/mol. The molecule has 1 heterocycles. The second-order valence-corrected chi connectivity index (χ2v) is 5.11. The lowest BCUT2D eigenvalue weighted by Gasteiger charge is -2.41. The number of ether oxygens (including phenoxy) is 1. The number of carbonyl (C=O) groups is 1. The SMILES string of the molecule is CCOC(=O)C(C)(C(C)C)N1CCCNCC1. The van der Waals surface area contributed by atoms with Crippen molar-refractivity contribution in [3.05, 3.63) is 0 Å². The molecular formula is C13H26N2O2. The third-order valence-corrected chi connectivity index (χ3v) is 3.81. The number of nitrogens with zero attached hydrogens (tertiary/aromatic N) is 1. The summed E-state index contributed by atoms with van der Waals surface area (Å²) in [5, 5.41) is 3.37. The Morgan fingerprint density at radius 3 is 2.71 bits per heavy atom. The minimum absolute atomic E-state index is 0.0862. The van der Waals surface area contributed by atoms with Crippen LogP contribution in [-0.2, 0) is 9.53 Å². The Morgan fingerprint density at radius 2 is 2.12 bits per heavy atom. The van der Waals surface area contributed by atoms with Crippen LogP contribution in [0.3, 0.4) is 0 Å². The van der Waals surface area contributed by atoms with Crippen molar-refractivity contribution >= 4 is 5.97 Å². The van der Waals surface area contributed by atoms with Crippen molar-refractivity contribution in [3.63, 3.8) is 0 Å². The topological polar surface area (TPSA) is 41.6 Å². The molecule has 0 aromatic carbocycles. The first kappa shape index (κ1) is 14.5. The Balaban J connectivity index is 2.84. The summed E-state index contributed by atoms with van der Waals surface area (Å²) in [6.45, 7) is 12.4. The fourth-order valence-corrected chi connectivity index (χ4v) is 2.32. The summed E-state index contributed by atoms with van der Waals surface area (Å²) in [6, 6.07) is 0. The van der Waals surface area contributed by atoms with E-state index in [1.54, 1.807) is 0 Å². The summed E-state index contributed by atoms with van der Waals surface area (Å²) in [5.41, 5.74) is -0.498. The van der Waals surface area contributed by atoms with Crippen LogP contribution in [0.5, 0.6) is 0 Å². The first-order chi connectivity index (χ1) is 8.03. The van der Waals surface area contributed by atoms with Crippen LogP contribution in [0, 0.1) is 5.92 Å². The molecule has 4 heteroatoms. The monoisotopic (exact) mass is 242 g/mol. The summed E-state index contributed by atoms with van der Waals surface area (Å²) in [7, 11) is 0. The molecule has 1 saturated heterocycles. The average molecular weight is 242 g/mol. The van der Waals surface area contributed by atoms with Crippen molar-refractivity contribution in [3.8, 4) is 0 Å². The number of rotatable bonds is 4. The predicted molar refractivity (Wildman–Crippen MR) is 68.9 cm³/mol. The van der Waals surface area contributed by atoms with E-state index in [0.717, 1.165) is 32.6 Å². The van der Waals surface area contributed by atoms with Crippen molar-refractivity contribution in [2.75, 3.05) is 32.8 Å². The quantitative estimate of drug-likeness (QED) is 0.754. The van der Waals surface area contributed by atoms with Gasteiger partial charge in [-0.1, -0.05) is 13.8 Å². The van der Waals surface area contributed by atoms with Crippen molar-refractivity contribution in [2.24, 2.45) is 5.92 Å². The molecule has 0 saturated carbocycles. The van der Waals surface area contributed by atoms with Crippen LogP contribution in [0.1, 0.15) is 34.1 Å². The molecule has 1 N–H and O–H groups in total. The van der Waals surface area contributed by atoms with Gasteiger partial charge < -0.3 is 10.1 Å². The van der Waals surface area contributed by atoms with Gasteiger partial charge in [0.15, 0.2) is 0 Å². The highest BCUT2D eigenvalue weighted by atomic mass is 16.5. The molecule has 100 valence electrons. The molecule has 0 radical (unpaired) electrons. The number of hydrogen-bond acceptors (Lipinski definition) is 4. The van der Waals surface area contributed by atoms with Crippen LogP contribution in [0.15, 0.2) is 0 Å². The Hall–Kier alpha value is -0.610. The highest BCUT2D eigenvalue weighted by molar-refractivity contribution is 5.80. The van der Waals surface area contributed by atoms with Crippen LogP contribution in [0.25, 0.3) is 0 Å². The van der Waals surface area contributed by atoms with Crippen molar-refractivity contribution in [1.82, 2.24) is 10.2 Å². The number of hydrogen-bond donors (Lipinski definition) is 1. The van der Waals surface area contributed by atoms with Gasteiger partial charge in [0.05, 0.1) is 6.61 Å². The van der Waals surface area contributed by atoms with E-state index >= 15 is 0 Å². The zero-order valence-corrected chi connectivity index (χ0v) is 11.6. The highest BCUT2D eigenvalue weighted by Gasteiger charge is 2.43. The Labute approximate surface area is 105 Å². The van der Waals surface area contributed by atoms with E-state index < -0.39 is 5.54 Å². The zero-order valence-electron chi connectivity index (χ0n) is 11.6. The van der Waals surface area contributed by atoms with Crippen LogP contribution in [-0.4, -0.2) is 49.2 Å². The Kier molecular flexibility index (Phi) is 5.40. The van der Waals surface area contributed by atoms with Gasteiger partial charge in [0.25, 0.3) is 0 Å². The number of esters is 1. The fraction of sp³-hybridized carbons (Fsp3) is 0.923. The largest absolute Gasteiger partial charge is 0.465 e. The first-order valence-corrected chi connectivity index (χ1v) is 6.66. The van der Waals surface area contributed by atoms with Crippen molar-refractivity contribution in [2.45, 2.75) is 39.7 Å².